The van der Waals surface area contributed by atoms with Crippen molar-refractivity contribution in [2.45, 2.75) is 6.54 Å². The molecule has 0 saturated carbocycles. The first kappa shape index (κ1) is 15.6. The largest absolute Gasteiger partial charge is 0.487 e. The minimum Gasteiger partial charge on any atom is -0.487 e. The molecular formula is C16H14ClF2N3O. The van der Waals surface area contributed by atoms with Crippen LogP contribution in [-0.4, -0.2) is 19.1 Å². The number of benzene rings is 2. The van der Waals surface area contributed by atoms with E-state index >= 15 is 0 Å². The first-order chi connectivity index (χ1) is 11.1. The van der Waals surface area contributed by atoms with Gasteiger partial charge in [-0.2, -0.15) is 0 Å². The predicted molar refractivity (Wildman–Crippen MR) is 86.1 cm³/mol. The number of nitrogens with one attached hydrogen (secondary N) is 2. The second-order valence-corrected chi connectivity index (χ2v) is 5.27. The van der Waals surface area contributed by atoms with Gasteiger partial charge in [-0.05, 0) is 23.8 Å². The number of halogens is 3. The average Bonchev–Trinajstić information content (AvgIpc) is 2.57. The van der Waals surface area contributed by atoms with Crippen molar-refractivity contribution in [2.75, 3.05) is 18.5 Å². The predicted octanol–water partition coefficient (Wildman–Crippen LogP) is 3.57. The van der Waals surface area contributed by atoms with Gasteiger partial charge < -0.3 is 15.4 Å². The Labute approximate surface area is 137 Å². The summed E-state index contributed by atoms with van der Waals surface area (Å²) in [7, 11) is 0. The lowest BCUT2D eigenvalue weighted by atomic mass is 10.1. The van der Waals surface area contributed by atoms with Crippen molar-refractivity contribution in [3.8, 4) is 5.75 Å². The van der Waals surface area contributed by atoms with E-state index in [1.165, 1.54) is 0 Å². The van der Waals surface area contributed by atoms with Crippen molar-refractivity contribution >= 4 is 23.2 Å². The van der Waals surface area contributed by atoms with Gasteiger partial charge in [0.05, 0.1) is 13.1 Å². The van der Waals surface area contributed by atoms with Crippen LogP contribution in [-0.2, 0) is 6.54 Å². The number of hydrogen-bond acceptors (Lipinski definition) is 4. The van der Waals surface area contributed by atoms with Gasteiger partial charge in [-0.25, -0.2) is 13.8 Å². The molecule has 0 fully saturated rings. The standard InChI is InChI=1S/C16H14ClF2N3O/c17-14-11(18)5-6-12(19)15(14)23-8-7-20-16-21-9-10-3-1-2-4-13(10)22-16/h1-6H,7-9H2,(H2,20,21,22). The van der Waals surface area contributed by atoms with Crippen LogP contribution < -0.4 is 15.4 Å². The molecule has 120 valence electrons. The monoisotopic (exact) mass is 337 g/mol. The summed E-state index contributed by atoms with van der Waals surface area (Å²) in [5.74, 6) is -1.08. The molecule has 1 aliphatic rings. The first-order valence-corrected chi connectivity index (χ1v) is 7.42. The molecule has 2 N–H and O–H groups in total. The normalized spacial score (nSPS) is 12.9. The third kappa shape index (κ3) is 3.53. The van der Waals surface area contributed by atoms with Crippen LogP contribution in [0, 0.1) is 11.6 Å². The maximum Gasteiger partial charge on any atom is 0.196 e. The molecule has 0 unspecified atom stereocenters. The molecule has 0 bridgehead atoms. The number of aliphatic imine (C=N–C) groups is 1. The summed E-state index contributed by atoms with van der Waals surface area (Å²) in [5.41, 5.74) is 2.10. The molecule has 0 amide bonds. The zero-order valence-electron chi connectivity index (χ0n) is 12.1. The van der Waals surface area contributed by atoms with Gasteiger partial charge in [0.2, 0.25) is 0 Å². The summed E-state index contributed by atoms with van der Waals surface area (Å²) >= 11 is 5.69. The highest BCUT2D eigenvalue weighted by atomic mass is 35.5. The van der Waals surface area contributed by atoms with Gasteiger partial charge in [0.15, 0.2) is 17.5 Å². The summed E-state index contributed by atoms with van der Waals surface area (Å²) in [5, 5.41) is 5.84. The maximum absolute atomic E-state index is 13.5. The lowest BCUT2D eigenvalue weighted by Gasteiger charge is -2.19. The molecule has 0 spiro atoms. The SMILES string of the molecule is Fc1ccc(F)c(OCCNC2=NCc3ccccc3N2)c1Cl. The van der Waals surface area contributed by atoms with E-state index in [0.29, 0.717) is 19.0 Å². The second-order valence-electron chi connectivity index (χ2n) is 4.89. The first-order valence-electron chi connectivity index (χ1n) is 7.04. The van der Waals surface area contributed by atoms with Gasteiger partial charge in [0.1, 0.15) is 17.4 Å². The summed E-state index contributed by atoms with van der Waals surface area (Å²) in [6.45, 7) is 1.05. The minimum absolute atomic E-state index is 0.114. The topological polar surface area (TPSA) is 45.6 Å². The van der Waals surface area contributed by atoms with E-state index in [1.807, 2.05) is 24.3 Å². The van der Waals surface area contributed by atoms with Crippen LogP contribution in [0.15, 0.2) is 41.4 Å². The summed E-state index contributed by atoms with van der Waals surface area (Å²) in [4.78, 5) is 4.34. The Kier molecular flexibility index (Phi) is 4.62. The van der Waals surface area contributed by atoms with Crippen LogP contribution in [0.4, 0.5) is 14.5 Å². The van der Waals surface area contributed by atoms with E-state index in [1.54, 1.807) is 0 Å². The van der Waals surface area contributed by atoms with Crippen LogP contribution in [0.5, 0.6) is 5.75 Å². The van der Waals surface area contributed by atoms with Crippen molar-refractivity contribution in [1.29, 1.82) is 0 Å². The van der Waals surface area contributed by atoms with E-state index in [4.69, 9.17) is 16.3 Å². The van der Waals surface area contributed by atoms with Crippen LogP contribution in [0.1, 0.15) is 5.56 Å². The molecule has 4 nitrogen and oxygen atoms in total. The Hall–Kier alpha value is -2.34. The van der Waals surface area contributed by atoms with Gasteiger partial charge in [-0.1, -0.05) is 29.8 Å². The lowest BCUT2D eigenvalue weighted by Crippen LogP contribution is -2.35. The molecule has 7 heteroatoms. The Morgan fingerprint density at radius 2 is 1.96 bits per heavy atom. The lowest BCUT2D eigenvalue weighted by molar-refractivity contribution is 0.304. The van der Waals surface area contributed by atoms with Gasteiger partial charge in [0.25, 0.3) is 0 Å². The number of ether oxygens (including phenoxy) is 1. The Morgan fingerprint density at radius 1 is 1.17 bits per heavy atom. The molecule has 2 aromatic rings. The highest BCUT2D eigenvalue weighted by molar-refractivity contribution is 6.32. The molecular weight excluding hydrogens is 324 g/mol. The van der Waals surface area contributed by atoms with E-state index in [-0.39, 0.29) is 17.4 Å². The van der Waals surface area contributed by atoms with Crippen LogP contribution >= 0.6 is 11.6 Å². The van der Waals surface area contributed by atoms with Crippen LogP contribution in [0.2, 0.25) is 5.02 Å². The average molecular weight is 338 g/mol. The van der Waals surface area contributed by atoms with E-state index in [9.17, 15) is 8.78 Å². The highest BCUT2D eigenvalue weighted by Crippen LogP contribution is 2.30. The van der Waals surface area contributed by atoms with Crippen molar-refractivity contribution in [3.63, 3.8) is 0 Å². The zero-order chi connectivity index (χ0) is 16.2. The Morgan fingerprint density at radius 3 is 2.83 bits per heavy atom. The molecule has 0 saturated heterocycles. The van der Waals surface area contributed by atoms with Crippen LogP contribution in [0.3, 0.4) is 0 Å². The van der Waals surface area contributed by atoms with E-state index < -0.39 is 11.6 Å². The molecule has 0 aliphatic carbocycles. The van der Waals surface area contributed by atoms with Crippen LogP contribution in [0.25, 0.3) is 0 Å². The van der Waals surface area contributed by atoms with Crippen molar-refractivity contribution in [1.82, 2.24) is 5.32 Å². The summed E-state index contributed by atoms with van der Waals surface area (Å²) in [6, 6.07) is 9.80. The highest BCUT2D eigenvalue weighted by Gasteiger charge is 2.14. The quantitative estimate of drug-likeness (QED) is 0.662. The number of hydrogen-bond donors (Lipinski definition) is 2. The number of guanidine groups is 1. The fourth-order valence-corrected chi connectivity index (χ4v) is 2.38. The minimum atomic E-state index is -0.717. The van der Waals surface area contributed by atoms with E-state index in [2.05, 4.69) is 15.6 Å². The van der Waals surface area contributed by atoms with Gasteiger partial charge >= 0.3 is 0 Å². The Balaban J connectivity index is 1.52. The number of fused-ring (bicyclic) bond motifs is 1. The molecule has 23 heavy (non-hydrogen) atoms. The molecule has 1 heterocycles. The van der Waals surface area contributed by atoms with Gasteiger partial charge in [-0.15, -0.1) is 0 Å². The summed E-state index contributed by atoms with van der Waals surface area (Å²) < 4.78 is 32.0. The fourth-order valence-electron chi connectivity index (χ4n) is 2.17. The maximum atomic E-state index is 13.5. The second kappa shape index (κ2) is 6.83. The van der Waals surface area contributed by atoms with E-state index in [0.717, 1.165) is 23.4 Å². The third-order valence-electron chi connectivity index (χ3n) is 3.32. The smallest absolute Gasteiger partial charge is 0.196 e. The van der Waals surface area contributed by atoms with Crippen molar-refractivity contribution in [3.05, 3.63) is 58.6 Å². The third-order valence-corrected chi connectivity index (χ3v) is 3.67. The molecule has 0 atom stereocenters. The van der Waals surface area contributed by atoms with Crippen molar-refractivity contribution < 1.29 is 13.5 Å². The number of para-hydroxylation sites is 1. The molecule has 3 rings (SSSR count). The van der Waals surface area contributed by atoms with Crippen molar-refractivity contribution in [2.24, 2.45) is 4.99 Å². The Bertz CT molecular complexity index is 752. The molecule has 1 aliphatic heterocycles. The fraction of sp³-hybridized carbons (Fsp3) is 0.188. The summed E-state index contributed by atoms with van der Waals surface area (Å²) in [6.07, 6.45) is 0. The molecule has 2 aromatic carbocycles. The molecule has 0 radical (unpaired) electrons. The van der Waals surface area contributed by atoms with Gasteiger partial charge in [0, 0.05) is 5.69 Å². The number of anilines is 1. The zero-order valence-corrected chi connectivity index (χ0v) is 12.8. The number of rotatable bonds is 4. The number of nitrogens with zero attached hydrogens (tertiary/aromatic N) is 1. The molecule has 0 aromatic heterocycles. The van der Waals surface area contributed by atoms with Gasteiger partial charge in [-0.3, -0.25) is 0 Å².